The number of anilines is 1. The Morgan fingerprint density at radius 1 is 0.923 bits per heavy atom. The van der Waals surface area contributed by atoms with Gasteiger partial charge in [0.2, 0.25) is 11.8 Å². The topological polar surface area (TPSA) is 86.8 Å². The van der Waals surface area contributed by atoms with Crippen LogP contribution in [0.1, 0.15) is 49.8 Å². The number of carbonyl (C=O) groups excluding carboxylic acids is 2. The molecule has 3 aromatic rings. The molecule has 0 saturated heterocycles. The Bertz CT molecular complexity index is 1370. The van der Waals surface area contributed by atoms with Crippen molar-refractivity contribution in [1.29, 1.82) is 0 Å². The Labute approximate surface area is 230 Å². The Morgan fingerprint density at radius 2 is 1.51 bits per heavy atom. The van der Waals surface area contributed by atoms with Gasteiger partial charge in [0, 0.05) is 13.6 Å². The maximum absolute atomic E-state index is 13.9. The van der Waals surface area contributed by atoms with Crippen molar-refractivity contribution in [2.45, 2.75) is 57.5 Å². The molecular formula is C30H36FN3O4S. The van der Waals surface area contributed by atoms with E-state index in [0.29, 0.717) is 17.7 Å². The Balaban J connectivity index is 2.06. The van der Waals surface area contributed by atoms with Gasteiger partial charge < -0.3 is 10.2 Å². The molecule has 9 heteroatoms. The lowest BCUT2D eigenvalue weighted by Crippen LogP contribution is -2.51. The number of amides is 2. The van der Waals surface area contributed by atoms with Crippen LogP contribution in [0.15, 0.2) is 77.7 Å². The van der Waals surface area contributed by atoms with Crippen LogP contribution in [0, 0.1) is 12.7 Å². The molecule has 0 heterocycles. The lowest BCUT2D eigenvalue weighted by atomic mass is 10.0. The number of hydrogen-bond acceptors (Lipinski definition) is 4. The van der Waals surface area contributed by atoms with E-state index in [1.54, 1.807) is 31.2 Å². The summed E-state index contributed by atoms with van der Waals surface area (Å²) >= 11 is 0. The molecule has 0 aromatic heterocycles. The monoisotopic (exact) mass is 553 g/mol. The van der Waals surface area contributed by atoms with Crippen LogP contribution in [0.4, 0.5) is 10.1 Å². The molecule has 39 heavy (non-hydrogen) atoms. The highest BCUT2D eigenvalue weighted by Gasteiger charge is 2.33. The molecule has 2 amide bonds. The first-order valence-electron chi connectivity index (χ1n) is 12.9. The summed E-state index contributed by atoms with van der Waals surface area (Å²) in [6.07, 6.45) is 0.306. The van der Waals surface area contributed by atoms with Crippen molar-refractivity contribution < 1.29 is 22.4 Å². The highest BCUT2D eigenvalue weighted by molar-refractivity contribution is 7.92. The number of likely N-dealkylation sites (N-methyl/N-ethyl adjacent to an activating group) is 1. The fraction of sp³-hybridized carbons (Fsp3) is 0.333. The fourth-order valence-corrected chi connectivity index (χ4v) is 5.68. The number of sulfonamides is 1. The van der Waals surface area contributed by atoms with E-state index in [1.165, 1.54) is 48.3 Å². The van der Waals surface area contributed by atoms with Crippen LogP contribution in [-0.2, 0) is 26.2 Å². The zero-order chi connectivity index (χ0) is 28.7. The van der Waals surface area contributed by atoms with Gasteiger partial charge in [-0.25, -0.2) is 12.8 Å². The van der Waals surface area contributed by atoms with Crippen molar-refractivity contribution >= 4 is 27.5 Å². The minimum absolute atomic E-state index is 0.00967. The lowest BCUT2D eigenvalue weighted by Gasteiger charge is -2.33. The first kappa shape index (κ1) is 29.8. The second kappa shape index (κ2) is 12.9. The highest BCUT2D eigenvalue weighted by atomic mass is 32.2. The van der Waals surface area contributed by atoms with E-state index >= 15 is 0 Å². The van der Waals surface area contributed by atoms with Gasteiger partial charge >= 0.3 is 0 Å². The van der Waals surface area contributed by atoms with Crippen LogP contribution >= 0.6 is 0 Å². The molecule has 0 radical (unpaired) electrons. The predicted molar refractivity (Wildman–Crippen MR) is 151 cm³/mol. The minimum Gasteiger partial charge on any atom is -0.357 e. The maximum atomic E-state index is 13.9. The molecule has 1 atom stereocenters. The quantitative estimate of drug-likeness (QED) is 0.362. The SMILES string of the molecule is CC[C@H](C(=O)NC)N(Cc1ccc(F)cc1)C(=O)CN(c1ccc(C(C)C)cc1)S(=O)(=O)c1ccc(C)cc1. The van der Waals surface area contributed by atoms with Crippen molar-refractivity contribution in [2.24, 2.45) is 0 Å². The zero-order valence-corrected chi connectivity index (χ0v) is 23.8. The van der Waals surface area contributed by atoms with Gasteiger partial charge in [0.15, 0.2) is 0 Å². The molecule has 0 aliphatic carbocycles. The molecule has 0 bridgehead atoms. The van der Waals surface area contributed by atoms with Gasteiger partial charge in [-0.15, -0.1) is 0 Å². The molecule has 208 valence electrons. The van der Waals surface area contributed by atoms with Crippen molar-refractivity contribution in [3.63, 3.8) is 0 Å². The lowest BCUT2D eigenvalue weighted by molar-refractivity contribution is -0.140. The van der Waals surface area contributed by atoms with Crippen LogP contribution in [0.5, 0.6) is 0 Å². The number of benzene rings is 3. The Hall–Kier alpha value is -3.72. The maximum Gasteiger partial charge on any atom is 0.264 e. The van der Waals surface area contributed by atoms with E-state index in [4.69, 9.17) is 0 Å². The van der Waals surface area contributed by atoms with Crippen molar-refractivity contribution in [3.8, 4) is 0 Å². The third-order valence-corrected chi connectivity index (χ3v) is 8.42. The number of rotatable bonds is 11. The highest BCUT2D eigenvalue weighted by Crippen LogP contribution is 2.27. The largest absolute Gasteiger partial charge is 0.357 e. The number of nitrogens with one attached hydrogen (secondary N) is 1. The van der Waals surface area contributed by atoms with E-state index in [9.17, 15) is 22.4 Å². The summed E-state index contributed by atoms with van der Waals surface area (Å²) < 4.78 is 42.4. The molecule has 7 nitrogen and oxygen atoms in total. The first-order chi connectivity index (χ1) is 18.5. The van der Waals surface area contributed by atoms with E-state index in [2.05, 4.69) is 5.32 Å². The summed E-state index contributed by atoms with van der Waals surface area (Å²) in [4.78, 5) is 28.0. The molecular weight excluding hydrogens is 517 g/mol. The minimum atomic E-state index is -4.13. The molecule has 0 fully saturated rings. The van der Waals surface area contributed by atoms with Crippen LogP contribution < -0.4 is 9.62 Å². The van der Waals surface area contributed by atoms with Gasteiger partial charge in [0.05, 0.1) is 10.6 Å². The van der Waals surface area contributed by atoms with Crippen LogP contribution in [0.25, 0.3) is 0 Å². The average Bonchev–Trinajstić information content (AvgIpc) is 2.92. The van der Waals surface area contributed by atoms with Gasteiger partial charge in [0.1, 0.15) is 18.4 Å². The number of nitrogens with zero attached hydrogens (tertiary/aromatic N) is 2. The molecule has 0 aliphatic rings. The third kappa shape index (κ3) is 7.23. The van der Waals surface area contributed by atoms with E-state index < -0.39 is 34.3 Å². The Morgan fingerprint density at radius 3 is 2.03 bits per heavy atom. The molecule has 0 aliphatic heterocycles. The fourth-order valence-electron chi connectivity index (χ4n) is 4.26. The smallest absolute Gasteiger partial charge is 0.264 e. The van der Waals surface area contributed by atoms with E-state index in [0.717, 1.165) is 15.4 Å². The Kier molecular flexibility index (Phi) is 9.86. The summed E-state index contributed by atoms with van der Waals surface area (Å²) in [5, 5.41) is 2.58. The second-order valence-corrected chi connectivity index (χ2v) is 11.6. The van der Waals surface area contributed by atoms with Gasteiger partial charge in [0.25, 0.3) is 10.0 Å². The van der Waals surface area contributed by atoms with Crippen molar-refractivity contribution in [2.75, 3.05) is 17.9 Å². The van der Waals surface area contributed by atoms with Gasteiger partial charge in [-0.3, -0.25) is 13.9 Å². The number of carbonyl (C=O) groups is 2. The molecule has 3 rings (SSSR count). The van der Waals surface area contributed by atoms with Crippen LogP contribution in [0.2, 0.25) is 0 Å². The molecule has 0 unspecified atom stereocenters. The van der Waals surface area contributed by atoms with Gasteiger partial charge in [-0.05, 0) is 66.8 Å². The number of halogens is 1. The summed E-state index contributed by atoms with van der Waals surface area (Å²) in [6.45, 7) is 7.20. The first-order valence-corrected chi connectivity index (χ1v) is 14.4. The van der Waals surface area contributed by atoms with Gasteiger partial charge in [-0.2, -0.15) is 0 Å². The molecule has 1 N–H and O–H groups in total. The normalized spacial score (nSPS) is 12.2. The van der Waals surface area contributed by atoms with Crippen molar-refractivity contribution in [1.82, 2.24) is 10.2 Å². The van der Waals surface area contributed by atoms with Gasteiger partial charge in [-0.1, -0.05) is 62.7 Å². The summed E-state index contributed by atoms with van der Waals surface area (Å²) in [7, 11) is -2.65. The zero-order valence-electron chi connectivity index (χ0n) is 23.0. The molecule has 3 aromatic carbocycles. The summed E-state index contributed by atoms with van der Waals surface area (Å²) in [5.74, 6) is -1.11. The molecule has 0 saturated carbocycles. The standard InChI is InChI=1S/C30H36FN3O4S/c1-6-28(30(36)32-5)33(19-23-9-13-25(31)14-10-23)29(35)20-34(26-15-11-24(12-16-26)21(2)3)39(37,38)27-17-7-22(4)8-18-27/h7-18,21,28H,6,19-20H2,1-5H3,(H,32,36)/t28-/m1/s1. The summed E-state index contributed by atoms with van der Waals surface area (Å²) in [6, 6.07) is 18.3. The predicted octanol–water partition coefficient (Wildman–Crippen LogP) is 5.01. The van der Waals surface area contributed by atoms with E-state index in [-0.39, 0.29) is 23.3 Å². The average molecular weight is 554 g/mol. The van der Waals surface area contributed by atoms with E-state index in [1.807, 2.05) is 32.9 Å². The number of aryl methyl sites for hydroxylation is 1. The summed E-state index contributed by atoms with van der Waals surface area (Å²) in [5.41, 5.74) is 2.88. The van der Waals surface area contributed by atoms with Crippen LogP contribution in [0.3, 0.4) is 0 Å². The van der Waals surface area contributed by atoms with Crippen LogP contribution in [-0.4, -0.2) is 44.8 Å². The number of hydrogen-bond donors (Lipinski definition) is 1. The molecule has 0 spiro atoms. The third-order valence-electron chi connectivity index (χ3n) is 6.63. The second-order valence-electron chi connectivity index (χ2n) is 9.76. The van der Waals surface area contributed by atoms with Crippen molar-refractivity contribution in [3.05, 3.63) is 95.3 Å².